The van der Waals surface area contributed by atoms with Crippen LogP contribution in [0.3, 0.4) is 0 Å². The van der Waals surface area contributed by atoms with Crippen molar-refractivity contribution in [3.63, 3.8) is 0 Å². The average molecular weight is 391 g/mol. The molecule has 0 amide bonds. The van der Waals surface area contributed by atoms with Crippen molar-refractivity contribution in [2.75, 3.05) is 13.6 Å². The Kier molecular flexibility index (Phi) is 3.23. The van der Waals surface area contributed by atoms with E-state index in [9.17, 15) is 0 Å². The van der Waals surface area contributed by atoms with E-state index in [-0.39, 0.29) is 0 Å². The van der Waals surface area contributed by atoms with E-state index in [4.69, 9.17) is 5.26 Å². The fourth-order valence-electron chi connectivity index (χ4n) is 4.37. The maximum atomic E-state index is 9.04. The van der Waals surface area contributed by atoms with Crippen molar-refractivity contribution in [3.05, 3.63) is 33.0 Å². The van der Waals surface area contributed by atoms with E-state index in [1.165, 1.54) is 25.7 Å². The maximum Gasteiger partial charge on any atom is 0.0815 e. The van der Waals surface area contributed by atoms with Crippen LogP contribution in [0, 0.1) is 20.9 Å². The van der Waals surface area contributed by atoms with Crippen LogP contribution in [0.15, 0.2) is 18.2 Å². The number of nitriles is 1. The number of hydrogen-bond donors (Lipinski definition) is 1. The molecule has 1 unspecified atom stereocenters. The standard InChI is InChI=1S/C17H18IN3/c1-21-9-10(5-6-19)7-12-11-3-2-4-14-16(11)13(8-15(12)21)17(18)20-14/h2-4,10,12,15,20H,5,7-9H2,1H3/t10?,12-,15-/m0/s1. The summed E-state index contributed by atoms with van der Waals surface area (Å²) in [5.74, 6) is 1.08. The van der Waals surface area contributed by atoms with Crippen LogP contribution >= 0.6 is 22.6 Å². The second-order valence-corrected chi connectivity index (χ2v) is 7.55. The van der Waals surface area contributed by atoms with Gasteiger partial charge in [-0.2, -0.15) is 5.26 Å². The highest BCUT2D eigenvalue weighted by Gasteiger charge is 2.39. The first-order valence-corrected chi connectivity index (χ1v) is 8.63. The normalized spacial score (nSPS) is 28.3. The summed E-state index contributed by atoms with van der Waals surface area (Å²) in [5, 5.41) is 10.5. The van der Waals surface area contributed by atoms with Gasteiger partial charge >= 0.3 is 0 Å². The van der Waals surface area contributed by atoms with Crippen molar-refractivity contribution in [1.82, 2.24) is 9.88 Å². The number of fused-ring (bicyclic) bond motifs is 2. The lowest BCUT2D eigenvalue weighted by Gasteiger charge is -2.45. The Hall–Kier alpha value is -1.06. The van der Waals surface area contributed by atoms with Gasteiger partial charge in [0.25, 0.3) is 0 Å². The molecule has 1 aliphatic carbocycles. The minimum Gasteiger partial charge on any atom is -0.350 e. The van der Waals surface area contributed by atoms with Crippen molar-refractivity contribution in [3.8, 4) is 6.07 Å². The summed E-state index contributed by atoms with van der Waals surface area (Å²) >= 11 is 2.43. The number of likely N-dealkylation sites (N-methyl/N-ethyl adjacent to an activating group) is 1. The summed E-state index contributed by atoms with van der Waals surface area (Å²) in [4.78, 5) is 6.02. The molecule has 21 heavy (non-hydrogen) atoms. The first kappa shape index (κ1) is 13.6. The molecule has 1 aromatic heterocycles. The lowest BCUT2D eigenvalue weighted by molar-refractivity contribution is 0.113. The quantitative estimate of drug-likeness (QED) is 0.755. The second kappa shape index (κ2) is 4.99. The van der Waals surface area contributed by atoms with Crippen molar-refractivity contribution >= 4 is 33.5 Å². The van der Waals surface area contributed by atoms with Gasteiger partial charge in [0.05, 0.1) is 9.77 Å². The van der Waals surface area contributed by atoms with Crippen LogP contribution < -0.4 is 0 Å². The van der Waals surface area contributed by atoms with E-state index in [2.05, 4.69) is 63.8 Å². The SMILES string of the molecule is CN1CC(CC#N)C[C@H]2c3cccc4[nH]c(I)c(c34)C[C@@H]21. The summed E-state index contributed by atoms with van der Waals surface area (Å²) in [6.45, 7) is 1.06. The highest BCUT2D eigenvalue weighted by Crippen LogP contribution is 2.45. The van der Waals surface area contributed by atoms with Crippen LogP contribution in [0.1, 0.15) is 29.9 Å². The topological polar surface area (TPSA) is 42.8 Å². The lowest BCUT2D eigenvalue weighted by Crippen LogP contribution is -2.47. The van der Waals surface area contributed by atoms with Crippen LogP contribution in [-0.4, -0.2) is 29.5 Å². The molecule has 1 aliphatic heterocycles. The Labute approximate surface area is 138 Å². The number of nitrogens with one attached hydrogen (secondary N) is 1. The maximum absolute atomic E-state index is 9.04. The summed E-state index contributed by atoms with van der Waals surface area (Å²) < 4.78 is 1.29. The fraction of sp³-hybridized carbons (Fsp3) is 0.471. The third kappa shape index (κ3) is 2.01. The molecule has 1 aromatic carbocycles. The molecule has 0 radical (unpaired) electrons. The highest BCUT2D eigenvalue weighted by molar-refractivity contribution is 14.1. The van der Waals surface area contributed by atoms with E-state index in [0.29, 0.717) is 24.3 Å². The minimum absolute atomic E-state index is 0.510. The molecule has 1 saturated heterocycles. The number of aromatic amines is 1. The van der Waals surface area contributed by atoms with Crippen LogP contribution in [0.4, 0.5) is 0 Å². The molecule has 2 aliphatic rings. The van der Waals surface area contributed by atoms with Crippen molar-refractivity contribution < 1.29 is 0 Å². The molecule has 3 nitrogen and oxygen atoms in total. The molecule has 2 aromatic rings. The van der Waals surface area contributed by atoms with Gasteiger partial charge in [-0.05, 0) is 65.6 Å². The summed E-state index contributed by atoms with van der Waals surface area (Å²) in [6, 6.07) is 9.61. The van der Waals surface area contributed by atoms with Crippen LogP contribution in [0.2, 0.25) is 0 Å². The Bertz CT molecular complexity index is 742. The number of aromatic nitrogens is 1. The molecule has 0 saturated carbocycles. The zero-order chi connectivity index (χ0) is 14.6. The van der Waals surface area contributed by atoms with Crippen LogP contribution in [0.5, 0.6) is 0 Å². The van der Waals surface area contributed by atoms with E-state index < -0.39 is 0 Å². The fourth-order valence-corrected chi connectivity index (χ4v) is 5.15. The number of halogens is 1. The third-order valence-electron chi connectivity index (χ3n) is 5.26. The third-order valence-corrected chi connectivity index (χ3v) is 6.19. The number of hydrogen-bond acceptors (Lipinski definition) is 2. The van der Waals surface area contributed by atoms with Crippen LogP contribution in [0.25, 0.3) is 10.9 Å². The van der Waals surface area contributed by atoms with Gasteiger partial charge in [0.15, 0.2) is 0 Å². The molecule has 1 fully saturated rings. The number of nitrogens with zero attached hydrogens (tertiary/aromatic N) is 2. The number of benzene rings is 1. The van der Waals surface area contributed by atoms with Gasteiger partial charge in [0.1, 0.15) is 0 Å². The molecule has 108 valence electrons. The first-order valence-electron chi connectivity index (χ1n) is 7.55. The minimum atomic E-state index is 0.510. The van der Waals surface area contributed by atoms with Crippen LogP contribution in [-0.2, 0) is 6.42 Å². The van der Waals surface area contributed by atoms with Gasteiger partial charge in [-0.15, -0.1) is 0 Å². The Morgan fingerprint density at radius 1 is 1.48 bits per heavy atom. The van der Waals surface area contributed by atoms with Gasteiger partial charge in [-0.25, -0.2) is 0 Å². The summed E-state index contributed by atoms with van der Waals surface area (Å²) in [6.07, 6.45) is 2.97. The summed E-state index contributed by atoms with van der Waals surface area (Å²) in [5.41, 5.74) is 4.26. The predicted octanol–water partition coefficient (Wildman–Crippen LogP) is 3.65. The smallest absolute Gasteiger partial charge is 0.0815 e. The Balaban J connectivity index is 1.84. The molecule has 4 rings (SSSR count). The second-order valence-electron chi connectivity index (χ2n) is 6.47. The Morgan fingerprint density at radius 3 is 3.14 bits per heavy atom. The van der Waals surface area contributed by atoms with E-state index in [1.54, 1.807) is 0 Å². The predicted molar refractivity (Wildman–Crippen MR) is 92.2 cm³/mol. The molecule has 1 N–H and O–H groups in total. The molecule has 0 spiro atoms. The first-order chi connectivity index (χ1) is 10.2. The largest absolute Gasteiger partial charge is 0.350 e. The Morgan fingerprint density at radius 2 is 2.33 bits per heavy atom. The summed E-state index contributed by atoms with van der Waals surface area (Å²) in [7, 11) is 2.23. The van der Waals surface area contributed by atoms with E-state index in [0.717, 1.165) is 19.4 Å². The lowest BCUT2D eigenvalue weighted by atomic mass is 9.72. The van der Waals surface area contributed by atoms with Gasteiger partial charge in [-0.3, -0.25) is 0 Å². The van der Waals surface area contributed by atoms with Gasteiger partial charge in [-0.1, -0.05) is 12.1 Å². The van der Waals surface area contributed by atoms with E-state index >= 15 is 0 Å². The molecule has 2 heterocycles. The molecule has 4 heteroatoms. The molecule has 0 bridgehead atoms. The van der Waals surface area contributed by atoms with Crippen molar-refractivity contribution in [1.29, 1.82) is 5.26 Å². The number of rotatable bonds is 1. The molecular weight excluding hydrogens is 373 g/mol. The van der Waals surface area contributed by atoms with Gasteiger partial charge < -0.3 is 9.88 Å². The van der Waals surface area contributed by atoms with Gasteiger partial charge in [0, 0.05) is 35.8 Å². The highest BCUT2D eigenvalue weighted by atomic mass is 127. The van der Waals surface area contributed by atoms with Gasteiger partial charge in [0.2, 0.25) is 0 Å². The zero-order valence-corrected chi connectivity index (χ0v) is 14.2. The average Bonchev–Trinajstić information content (AvgIpc) is 2.78. The van der Waals surface area contributed by atoms with E-state index in [1.807, 2.05) is 0 Å². The molecule has 3 atom stereocenters. The molecular formula is C17H18IN3. The monoisotopic (exact) mass is 391 g/mol. The number of H-pyrrole nitrogens is 1. The van der Waals surface area contributed by atoms with Crippen molar-refractivity contribution in [2.24, 2.45) is 5.92 Å². The number of likely N-dealkylation sites (tertiary alicyclic amines) is 1. The zero-order valence-electron chi connectivity index (χ0n) is 12.1. The van der Waals surface area contributed by atoms with Crippen molar-refractivity contribution in [2.45, 2.75) is 31.2 Å². The number of piperidine rings is 1.